The lowest BCUT2D eigenvalue weighted by molar-refractivity contribution is -0.146. The number of carbonyl (C=O) groups is 1. The molecular formula is C11H18O2. The third-order valence-corrected chi connectivity index (χ3v) is 2.88. The van der Waals surface area contributed by atoms with E-state index in [0.29, 0.717) is 0 Å². The molecule has 74 valence electrons. The van der Waals surface area contributed by atoms with Crippen molar-refractivity contribution >= 4 is 5.97 Å². The molecule has 0 atom stereocenters. The van der Waals surface area contributed by atoms with Crippen molar-refractivity contribution in [3.8, 4) is 0 Å². The summed E-state index contributed by atoms with van der Waals surface area (Å²) in [6.07, 6.45) is 7.34. The predicted molar refractivity (Wildman–Crippen MR) is 52.3 cm³/mol. The Kier molecular flexibility index (Phi) is 4.00. The van der Waals surface area contributed by atoms with Gasteiger partial charge in [-0.3, -0.25) is 4.79 Å². The molecule has 1 saturated carbocycles. The van der Waals surface area contributed by atoms with Gasteiger partial charge in [-0.25, -0.2) is 0 Å². The summed E-state index contributed by atoms with van der Waals surface area (Å²) in [4.78, 5) is 11.2. The van der Waals surface area contributed by atoms with Crippen molar-refractivity contribution in [2.45, 2.75) is 32.1 Å². The van der Waals surface area contributed by atoms with Gasteiger partial charge in [0.15, 0.2) is 0 Å². The minimum Gasteiger partial charge on any atom is -0.469 e. The lowest BCUT2D eigenvalue weighted by atomic mass is 9.80. The molecule has 0 radical (unpaired) electrons. The van der Waals surface area contributed by atoms with E-state index in [9.17, 15) is 4.79 Å². The largest absolute Gasteiger partial charge is 0.469 e. The van der Waals surface area contributed by atoms with Crippen LogP contribution in [0.2, 0.25) is 0 Å². The molecule has 1 rings (SSSR count). The minimum atomic E-state index is -0.0305. The number of esters is 1. The summed E-state index contributed by atoms with van der Waals surface area (Å²) in [5, 5.41) is 0. The number of rotatable bonds is 3. The number of carbonyl (C=O) groups excluding carboxylic acids is 1. The highest BCUT2D eigenvalue weighted by molar-refractivity contribution is 5.72. The quantitative estimate of drug-likeness (QED) is 0.495. The molecule has 0 bridgehead atoms. The van der Waals surface area contributed by atoms with Gasteiger partial charge in [-0.1, -0.05) is 6.08 Å². The normalized spacial score (nSPS) is 28.1. The van der Waals surface area contributed by atoms with Crippen LogP contribution in [0.4, 0.5) is 0 Å². The Morgan fingerprint density at radius 2 is 2.08 bits per heavy atom. The van der Waals surface area contributed by atoms with E-state index in [-0.39, 0.29) is 11.9 Å². The predicted octanol–water partition coefficient (Wildman–Crippen LogP) is 2.54. The standard InChI is InChI=1S/C11H18O2/c1-3-4-9-5-7-10(8-6-9)11(12)13-2/h3,9-10H,1,4-8H2,2H3. The van der Waals surface area contributed by atoms with Crippen molar-refractivity contribution in [3.05, 3.63) is 12.7 Å². The van der Waals surface area contributed by atoms with Gasteiger partial charge in [-0.2, -0.15) is 0 Å². The molecule has 0 N–H and O–H groups in total. The van der Waals surface area contributed by atoms with Crippen molar-refractivity contribution < 1.29 is 9.53 Å². The molecule has 0 heterocycles. The first-order valence-corrected chi connectivity index (χ1v) is 4.96. The monoisotopic (exact) mass is 182 g/mol. The molecule has 0 saturated heterocycles. The fourth-order valence-electron chi connectivity index (χ4n) is 2.04. The summed E-state index contributed by atoms with van der Waals surface area (Å²) in [6, 6.07) is 0. The van der Waals surface area contributed by atoms with Crippen molar-refractivity contribution in [1.29, 1.82) is 0 Å². The average Bonchev–Trinajstić information content (AvgIpc) is 2.18. The van der Waals surface area contributed by atoms with Crippen LogP contribution in [-0.2, 0) is 9.53 Å². The highest BCUT2D eigenvalue weighted by Gasteiger charge is 2.25. The molecule has 0 unspecified atom stereocenters. The van der Waals surface area contributed by atoms with E-state index in [2.05, 4.69) is 6.58 Å². The second-order valence-electron chi connectivity index (χ2n) is 3.77. The van der Waals surface area contributed by atoms with Gasteiger partial charge in [0.2, 0.25) is 0 Å². The van der Waals surface area contributed by atoms with Crippen LogP contribution in [0.3, 0.4) is 0 Å². The Hall–Kier alpha value is -0.790. The van der Waals surface area contributed by atoms with Gasteiger partial charge < -0.3 is 4.74 Å². The number of ether oxygens (including phenoxy) is 1. The first kappa shape index (κ1) is 10.3. The molecule has 0 aliphatic heterocycles. The summed E-state index contributed by atoms with van der Waals surface area (Å²) >= 11 is 0. The van der Waals surface area contributed by atoms with E-state index < -0.39 is 0 Å². The summed E-state index contributed by atoms with van der Waals surface area (Å²) in [5.41, 5.74) is 0. The van der Waals surface area contributed by atoms with Crippen LogP contribution in [0.25, 0.3) is 0 Å². The minimum absolute atomic E-state index is 0.0305. The highest BCUT2D eigenvalue weighted by atomic mass is 16.5. The molecule has 2 heteroatoms. The average molecular weight is 182 g/mol. The number of methoxy groups -OCH3 is 1. The summed E-state index contributed by atoms with van der Waals surface area (Å²) in [7, 11) is 1.47. The van der Waals surface area contributed by atoms with Crippen LogP contribution >= 0.6 is 0 Å². The molecule has 0 aromatic heterocycles. The van der Waals surface area contributed by atoms with E-state index in [1.54, 1.807) is 0 Å². The fraction of sp³-hybridized carbons (Fsp3) is 0.727. The summed E-state index contributed by atoms with van der Waals surface area (Å²) < 4.78 is 4.73. The van der Waals surface area contributed by atoms with Gasteiger partial charge in [-0.05, 0) is 38.0 Å². The number of hydrogen-bond donors (Lipinski definition) is 0. The summed E-state index contributed by atoms with van der Waals surface area (Å²) in [6.45, 7) is 3.73. The Balaban J connectivity index is 2.30. The molecule has 1 aliphatic rings. The van der Waals surface area contributed by atoms with Crippen molar-refractivity contribution in [1.82, 2.24) is 0 Å². The smallest absolute Gasteiger partial charge is 0.308 e. The van der Waals surface area contributed by atoms with Gasteiger partial charge >= 0.3 is 5.97 Å². The van der Waals surface area contributed by atoms with Crippen molar-refractivity contribution in [2.75, 3.05) is 7.11 Å². The van der Waals surface area contributed by atoms with E-state index >= 15 is 0 Å². The molecule has 13 heavy (non-hydrogen) atoms. The van der Waals surface area contributed by atoms with E-state index in [1.807, 2.05) is 6.08 Å². The molecule has 2 nitrogen and oxygen atoms in total. The van der Waals surface area contributed by atoms with Crippen LogP contribution in [0.15, 0.2) is 12.7 Å². The third-order valence-electron chi connectivity index (χ3n) is 2.88. The SMILES string of the molecule is C=CCC1CCC(C(=O)OC)CC1. The number of allylic oxidation sites excluding steroid dienone is 1. The second-order valence-corrected chi connectivity index (χ2v) is 3.77. The topological polar surface area (TPSA) is 26.3 Å². The Morgan fingerprint density at radius 1 is 1.46 bits per heavy atom. The zero-order valence-corrected chi connectivity index (χ0v) is 8.29. The Morgan fingerprint density at radius 3 is 2.54 bits per heavy atom. The molecular weight excluding hydrogens is 164 g/mol. The molecule has 1 aliphatic carbocycles. The zero-order chi connectivity index (χ0) is 9.68. The maximum atomic E-state index is 11.2. The Labute approximate surface area is 80.0 Å². The maximum absolute atomic E-state index is 11.2. The molecule has 0 spiro atoms. The van der Waals surface area contributed by atoms with E-state index in [1.165, 1.54) is 7.11 Å². The van der Waals surface area contributed by atoms with Gasteiger partial charge in [0.1, 0.15) is 0 Å². The maximum Gasteiger partial charge on any atom is 0.308 e. The Bertz CT molecular complexity index is 179. The highest BCUT2D eigenvalue weighted by Crippen LogP contribution is 2.31. The van der Waals surface area contributed by atoms with Crippen molar-refractivity contribution in [2.24, 2.45) is 11.8 Å². The first-order chi connectivity index (χ1) is 6.27. The molecule has 1 fully saturated rings. The molecule has 0 amide bonds. The van der Waals surface area contributed by atoms with Crippen LogP contribution in [-0.4, -0.2) is 13.1 Å². The second kappa shape index (κ2) is 5.05. The third kappa shape index (κ3) is 2.87. The van der Waals surface area contributed by atoms with Crippen LogP contribution in [0.5, 0.6) is 0 Å². The molecule has 0 aromatic carbocycles. The number of hydrogen-bond acceptors (Lipinski definition) is 2. The van der Waals surface area contributed by atoms with E-state index in [0.717, 1.165) is 38.0 Å². The lowest BCUT2D eigenvalue weighted by Crippen LogP contribution is -2.22. The van der Waals surface area contributed by atoms with Gasteiger partial charge in [-0.15, -0.1) is 6.58 Å². The lowest BCUT2D eigenvalue weighted by Gasteiger charge is -2.25. The first-order valence-electron chi connectivity index (χ1n) is 4.96. The van der Waals surface area contributed by atoms with Gasteiger partial charge in [0, 0.05) is 0 Å². The zero-order valence-electron chi connectivity index (χ0n) is 8.29. The van der Waals surface area contributed by atoms with E-state index in [4.69, 9.17) is 4.74 Å². The van der Waals surface area contributed by atoms with Crippen LogP contribution in [0, 0.1) is 11.8 Å². The summed E-state index contributed by atoms with van der Waals surface area (Å²) in [5.74, 6) is 0.876. The van der Waals surface area contributed by atoms with Gasteiger partial charge in [0.25, 0.3) is 0 Å². The van der Waals surface area contributed by atoms with Crippen LogP contribution in [0.1, 0.15) is 32.1 Å². The fourth-order valence-corrected chi connectivity index (χ4v) is 2.04. The van der Waals surface area contributed by atoms with Crippen molar-refractivity contribution in [3.63, 3.8) is 0 Å². The van der Waals surface area contributed by atoms with Gasteiger partial charge in [0.05, 0.1) is 13.0 Å². The molecule has 0 aromatic rings. The van der Waals surface area contributed by atoms with Crippen LogP contribution < -0.4 is 0 Å².